The molecule has 0 fully saturated rings. The molecule has 150 valence electrons. The summed E-state index contributed by atoms with van der Waals surface area (Å²) in [6.45, 7) is 1.28. The van der Waals surface area contributed by atoms with E-state index in [0.717, 1.165) is 4.88 Å². The van der Waals surface area contributed by atoms with Gasteiger partial charge in [0.1, 0.15) is 0 Å². The van der Waals surface area contributed by atoms with E-state index < -0.39 is 11.9 Å². The molecular formula is C19H18N4O5S. The average molecular weight is 414 g/mol. The average Bonchev–Trinajstić information content (AvgIpc) is 3.39. The Morgan fingerprint density at radius 2 is 1.97 bits per heavy atom. The number of amides is 1. The van der Waals surface area contributed by atoms with Gasteiger partial charge in [0.15, 0.2) is 11.5 Å². The molecule has 0 aliphatic carbocycles. The maximum Gasteiger partial charge on any atom is 0.308 e. The lowest BCUT2D eigenvalue weighted by Gasteiger charge is -2.13. The largest absolute Gasteiger partial charge is 0.493 e. The van der Waals surface area contributed by atoms with Crippen LogP contribution in [0.4, 0.5) is 0 Å². The lowest BCUT2D eigenvalue weighted by Crippen LogP contribution is -2.17. The fraction of sp³-hybridized carbons (Fsp3) is 0.158. The minimum atomic E-state index is -0.503. The van der Waals surface area contributed by atoms with Crippen LogP contribution in [0.15, 0.2) is 40.9 Å². The summed E-state index contributed by atoms with van der Waals surface area (Å²) in [5.74, 6) is -0.155. The van der Waals surface area contributed by atoms with Crippen molar-refractivity contribution in [2.75, 3.05) is 14.2 Å². The van der Waals surface area contributed by atoms with E-state index in [2.05, 4.69) is 20.7 Å². The van der Waals surface area contributed by atoms with Crippen LogP contribution in [0.1, 0.15) is 22.8 Å². The Morgan fingerprint density at radius 1 is 1.24 bits per heavy atom. The summed E-state index contributed by atoms with van der Waals surface area (Å²) in [5, 5.41) is 12.7. The van der Waals surface area contributed by atoms with Crippen LogP contribution in [0, 0.1) is 0 Å². The van der Waals surface area contributed by atoms with Gasteiger partial charge in [0.25, 0.3) is 5.91 Å². The third kappa shape index (κ3) is 4.61. The van der Waals surface area contributed by atoms with Gasteiger partial charge in [0, 0.05) is 12.5 Å². The van der Waals surface area contributed by atoms with Crippen molar-refractivity contribution in [2.24, 2.45) is 5.10 Å². The van der Waals surface area contributed by atoms with E-state index >= 15 is 0 Å². The van der Waals surface area contributed by atoms with Crippen molar-refractivity contribution in [1.29, 1.82) is 0 Å². The molecule has 2 heterocycles. The zero-order chi connectivity index (χ0) is 20.8. The third-order valence-electron chi connectivity index (χ3n) is 3.76. The van der Waals surface area contributed by atoms with Crippen LogP contribution in [0.2, 0.25) is 0 Å². The summed E-state index contributed by atoms with van der Waals surface area (Å²) in [4.78, 5) is 24.6. The summed E-state index contributed by atoms with van der Waals surface area (Å²) in [7, 11) is 2.88. The highest BCUT2D eigenvalue weighted by Crippen LogP contribution is 2.38. The number of methoxy groups -OCH3 is 2. The Hall–Kier alpha value is -3.66. The predicted molar refractivity (Wildman–Crippen MR) is 108 cm³/mol. The number of ether oxygens (including phenoxy) is 3. The van der Waals surface area contributed by atoms with Crippen LogP contribution in [0.5, 0.6) is 17.2 Å². The van der Waals surface area contributed by atoms with Gasteiger partial charge >= 0.3 is 5.97 Å². The van der Waals surface area contributed by atoms with Crippen LogP contribution >= 0.6 is 11.3 Å². The molecule has 10 heteroatoms. The van der Waals surface area contributed by atoms with E-state index in [0.29, 0.717) is 28.3 Å². The number of H-pyrrole nitrogens is 1. The molecule has 0 saturated heterocycles. The van der Waals surface area contributed by atoms with E-state index in [1.807, 2.05) is 17.5 Å². The number of aromatic nitrogens is 2. The van der Waals surface area contributed by atoms with E-state index in [1.54, 1.807) is 12.1 Å². The molecule has 0 spiro atoms. The fourth-order valence-corrected chi connectivity index (χ4v) is 3.25. The van der Waals surface area contributed by atoms with Crippen molar-refractivity contribution in [3.63, 3.8) is 0 Å². The summed E-state index contributed by atoms with van der Waals surface area (Å²) in [5.41, 5.74) is 4.04. The predicted octanol–water partition coefficient (Wildman–Crippen LogP) is 2.84. The number of carbonyl (C=O) groups is 2. The molecule has 0 saturated carbocycles. The summed E-state index contributed by atoms with van der Waals surface area (Å²) in [6, 6.07) is 6.99. The van der Waals surface area contributed by atoms with Crippen molar-refractivity contribution in [3.05, 3.63) is 47.0 Å². The first-order valence-electron chi connectivity index (χ1n) is 8.38. The third-order valence-corrected chi connectivity index (χ3v) is 4.65. The number of carbonyl (C=O) groups excluding carboxylic acids is 2. The monoisotopic (exact) mass is 414 g/mol. The van der Waals surface area contributed by atoms with Gasteiger partial charge in [-0.05, 0) is 23.6 Å². The smallest absolute Gasteiger partial charge is 0.308 e. The molecule has 2 N–H and O–H groups in total. The number of hydrogen-bond donors (Lipinski definition) is 2. The number of hydrogen-bond acceptors (Lipinski definition) is 8. The minimum Gasteiger partial charge on any atom is -0.493 e. The molecule has 1 amide bonds. The Bertz CT molecular complexity index is 1020. The highest BCUT2D eigenvalue weighted by atomic mass is 32.1. The minimum absolute atomic E-state index is 0.169. The maximum absolute atomic E-state index is 12.4. The van der Waals surface area contributed by atoms with Gasteiger partial charge in [0.2, 0.25) is 5.75 Å². The number of esters is 1. The second-order valence-corrected chi connectivity index (χ2v) is 6.63. The molecule has 3 aromatic rings. The first-order valence-corrected chi connectivity index (χ1v) is 9.26. The van der Waals surface area contributed by atoms with Gasteiger partial charge < -0.3 is 14.2 Å². The number of thiophene rings is 1. The molecule has 0 unspecified atom stereocenters. The Balaban J connectivity index is 1.78. The molecule has 0 aliphatic heterocycles. The number of hydrazone groups is 1. The van der Waals surface area contributed by atoms with Crippen LogP contribution in [0.25, 0.3) is 10.6 Å². The van der Waals surface area contributed by atoms with Crippen molar-refractivity contribution < 1.29 is 23.8 Å². The number of nitrogens with zero attached hydrogens (tertiary/aromatic N) is 2. The summed E-state index contributed by atoms with van der Waals surface area (Å²) in [6.07, 6.45) is 2.87. The molecule has 0 atom stereocenters. The highest BCUT2D eigenvalue weighted by molar-refractivity contribution is 7.13. The molecule has 29 heavy (non-hydrogen) atoms. The maximum atomic E-state index is 12.4. The molecule has 3 rings (SSSR count). The summed E-state index contributed by atoms with van der Waals surface area (Å²) >= 11 is 1.49. The summed E-state index contributed by atoms with van der Waals surface area (Å²) < 4.78 is 15.7. The molecule has 0 radical (unpaired) electrons. The molecule has 0 aliphatic rings. The van der Waals surface area contributed by atoms with E-state index in [-0.39, 0.29) is 5.75 Å². The standard InChI is InChI=1S/C19H18N4O5S/c1-11(24)28-18-14(26-2)7-12(8-15(18)27-3)9-20-23-19(25)13-10-21-22-17(13)16-5-4-6-29-16/h4-10H,1-3H3,(H,21,22)(H,23,25). The Kier molecular flexibility index (Phi) is 6.25. The van der Waals surface area contributed by atoms with E-state index in [1.165, 1.54) is 44.9 Å². The van der Waals surface area contributed by atoms with Crippen molar-refractivity contribution in [2.45, 2.75) is 6.92 Å². The second-order valence-electron chi connectivity index (χ2n) is 5.68. The SMILES string of the molecule is COc1cc(C=NNC(=O)c2cn[nH]c2-c2cccs2)cc(OC)c1OC(C)=O. The zero-order valence-electron chi connectivity index (χ0n) is 15.9. The first-order chi connectivity index (χ1) is 14.0. The second kappa shape index (κ2) is 9.02. The number of aromatic amines is 1. The van der Waals surface area contributed by atoms with Crippen LogP contribution in [-0.2, 0) is 4.79 Å². The number of nitrogens with one attached hydrogen (secondary N) is 2. The number of benzene rings is 1. The van der Waals surface area contributed by atoms with Crippen molar-refractivity contribution in [1.82, 2.24) is 15.6 Å². The Labute approximate surface area is 170 Å². The van der Waals surface area contributed by atoms with Gasteiger partial charge in [-0.25, -0.2) is 5.43 Å². The van der Waals surface area contributed by atoms with Gasteiger partial charge in [-0.3, -0.25) is 14.7 Å². The first kappa shape index (κ1) is 20.1. The van der Waals surface area contributed by atoms with Gasteiger partial charge in [-0.15, -0.1) is 11.3 Å². The van der Waals surface area contributed by atoms with Gasteiger partial charge in [-0.2, -0.15) is 10.2 Å². The van der Waals surface area contributed by atoms with Gasteiger partial charge in [0.05, 0.1) is 42.8 Å². The van der Waals surface area contributed by atoms with E-state index in [9.17, 15) is 9.59 Å². The lowest BCUT2D eigenvalue weighted by atomic mass is 10.2. The van der Waals surface area contributed by atoms with Crippen LogP contribution < -0.4 is 19.6 Å². The van der Waals surface area contributed by atoms with Crippen molar-refractivity contribution in [3.8, 4) is 27.8 Å². The molecular weight excluding hydrogens is 396 g/mol. The lowest BCUT2D eigenvalue weighted by molar-refractivity contribution is -0.132. The van der Waals surface area contributed by atoms with Crippen molar-refractivity contribution >= 4 is 29.4 Å². The Morgan fingerprint density at radius 3 is 2.55 bits per heavy atom. The molecule has 2 aromatic heterocycles. The quantitative estimate of drug-likeness (QED) is 0.266. The molecule has 1 aromatic carbocycles. The molecule has 9 nitrogen and oxygen atoms in total. The number of rotatable bonds is 7. The molecule has 0 bridgehead atoms. The van der Waals surface area contributed by atoms with Crippen LogP contribution in [0.3, 0.4) is 0 Å². The fourth-order valence-electron chi connectivity index (χ4n) is 2.51. The van der Waals surface area contributed by atoms with E-state index in [4.69, 9.17) is 14.2 Å². The van der Waals surface area contributed by atoms with Gasteiger partial charge in [-0.1, -0.05) is 6.07 Å². The normalized spacial score (nSPS) is 10.7. The van der Waals surface area contributed by atoms with Crippen LogP contribution in [-0.4, -0.2) is 42.5 Å². The zero-order valence-corrected chi connectivity index (χ0v) is 16.7. The highest BCUT2D eigenvalue weighted by Gasteiger charge is 2.17. The topological polar surface area (TPSA) is 115 Å².